The number of rotatable bonds is 5. The van der Waals surface area contributed by atoms with Gasteiger partial charge in [-0.05, 0) is 47.4 Å². The summed E-state index contributed by atoms with van der Waals surface area (Å²) in [6, 6.07) is 3.45. The number of hydrogen-bond acceptors (Lipinski definition) is 6. The van der Waals surface area contributed by atoms with Gasteiger partial charge in [0.05, 0.1) is 6.04 Å². The van der Waals surface area contributed by atoms with E-state index >= 15 is 0 Å². The average molecular weight is 392 g/mol. The Kier molecular flexibility index (Phi) is 5.98. The molecule has 0 saturated carbocycles. The lowest BCUT2D eigenvalue weighted by molar-refractivity contribution is -0.122. The lowest BCUT2D eigenvalue weighted by Gasteiger charge is -2.09. The van der Waals surface area contributed by atoms with Crippen LogP contribution in [0.4, 0.5) is 0 Å². The summed E-state index contributed by atoms with van der Waals surface area (Å²) >= 11 is 3.22. The van der Waals surface area contributed by atoms with Crippen LogP contribution in [0.1, 0.15) is 18.7 Å². The maximum Gasteiger partial charge on any atom is 0.238 e. The van der Waals surface area contributed by atoms with Crippen molar-refractivity contribution in [1.29, 1.82) is 0 Å². The molecule has 1 unspecified atom stereocenters. The summed E-state index contributed by atoms with van der Waals surface area (Å²) in [4.78, 5) is 16.0. The van der Waals surface area contributed by atoms with Crippen LogP contribution in [0.5, 0.6) is 0 Å². The maximum atomic E-state index is 11.8. The number of amides is 1. The normalized spacial score (nSPS) is 17.2. The molecule has 1 atom stereocenters. The first-order valence-electron chi connectivity index (χ1n) is 6.82. The van der Waals surface area contributed by atoms with Gasteiger partial charge in [-0.3, -0.25) is 4.79 Å². The minimum atomic E-state index is -0.0660. The Morgan fingerprint density at radius 2 is 2.36 bits per heavy atom. The van der Waals surface area contributed by atoms with E-state index in [0.29, 0.717) is 35.1 Å². The van der Waals surface area contributed by atoms with Gasteiger partial charge in [0.1, 0.15) is 0 Å². The highest BCUT2D eigenvalue weighted by Gasteiger charge is 2.21. The smallest absolute Gasteiger partial charge is 0.238 e. The summed E-state index contributed by atoms with van der Waals surface area (Å²) in [7, 11) is 0. The largest absolute Gasteiger partial charge is 0.446 e. The molecule has 2 N–H and O–H groups in total. The molecule has 0 aliphatic carbocycles. The molecule has 1 amide bonds. The van der Waals surface area contributed by atoms with Gasteiger partial charge in [0.2, 0.25) is 17.6 Å². The molecule has 0 spiro atoms. The number of nitrogens with one attached hydrogen (secondary N) is 2. The first kappa shape index (κ1) is 17.0. The van der Waals surface area contributed by atoms with Crippen molar-refractivity contribution in [3.05, 3.63) is 22.7 Å². The topological polar surface area (TPSA) is 93.2 Å². The molecular formula is C13H16BrClN4O3. The molecule has 2 aromatic rings. The molecule has 3 heterocycles. The number of nitrogens with zero attached hydrogens (tertiary/aromatic N) is 2. The van der Waals surface area contributed by atoms with E-state index in [9.17, 15) is 4.79 Å². The molecular weight excluding hydrogens is 376 g/mol. The first-order chi connectivity index (χ1) is 10.2. The van der Waals surface area contributed by atoms with E-state index in [4.69, 9.17) is 8.94 Å². The van der Waals surface area contributed by atoms with Crippen LogP contribution in [0.2, 0.25) is 0 Å². The molecule has 0 bridgehead atoms. The van der Waals surface area contributed by atoms with E-state index in [2.05, 4.69) is 36.7 Å². The van der Waals surface area contributed by atoms with Crippen LogP contribution in [0, 0.1) is 0 Å². The monoisotopic (exact) mass is 390 g/mol. The van der Waals surface area contributed by atoms with Crippen molar-refractivity contribution in [3.63, 3.8) is 0 Å². The third-order valence-corrected chi connectivity index (χ3v) is 3.70. The van der Waals surface area contributed by atoms with Gasteiger partial charge in [0.15, 0.2) is 10.4 Å². The third-order valence-electron chi connectivity index (χ3n) is 3.28. The highest BCUT2D eigenvalue weighted by molar-refractivity contribution is 9.10. The van der Waals surface area contributed by atoms with Crippen LogP contribution in [-0.4, -0.2) is 35.2 Å². The Hall–Kier alpha value is -1.38. The average Bonchev–Trinajstić information content (AvgIpc) is 3.19. The van der Waals surface area contributed by atoms with E-state index in [0.717, 1.165) is 19.4 Å². The van der Waals surface area contributed by atoms with E-state index in [1.54, 1.807) is 12.1 Å². The second-order valence-corrected chi connectivity index (χ2v) is 5.59. The molecule has 0 radical (unpaired) electrons. The van der Waals surface area contributed by atoms with Crippen LogP contribution in [0.15, 0.2) is 25.7 Å². The fraction of sp³-hybridized carbons (Fsp3) is 0.462. The molecule has 22 heavy (non-hydrogen) atoms. The summed E-state index contributed by atoms with van der Waals surface area (Å²) in [6.45, 7) is 1.38. The Bertz CT molecular complexity index is 624. The zero-order valence-corrected chi connectivity index (χ0v) is 14.1. The minimum absolute atomic E-state index is 0. The first-order valence-corrected chi connectivity index (χ1v) is 7.61. The van der Waals surface area contributed by atoms with Crippen molar-refractivity contribution in [1.82, 2.24) is 20.8 Å². The number of carbonyl (C=O) groups excluding carboxylic acids is 1. The van der Waals surface area contributed by atoms with Gasteiger partial charge in [-0.15, -0.1) is 12.4 Å². The summed E-state index contributed by atoms with van der Waals surface area (Å²) in [6.07, 6.45) is 2.43. The van der Waals surface area contributed by atoms with Gasteiger partial charge in [0.25, 0.3) is 0 Å². The van der Waals surface area contributed by atoms with E-state index < -0.39 is 0 Å². The SMILES string of the molecule is Cl.O=C(NCCc1nc(-c2ccc(Br)o2)no1)C1CCCN1. The summed E-state index contributed by atoms with van der Waals surface area (Å²) in [5, 5.41) is 9.87. The van der Waals surface area contributed by atoms with E-state index in [-0.39, 0.29) is 24.4 Å². The van der Waals surface area contributed by atoms with Gasteiger partial charge in [0, 0.05) is 13.0 Å². The number of halogens is 2. The third kappa shape index (κ3) is 4.08. The van der Waals surface area contributed by atoms with Crippen molar-refractivity contribution in [3.8, 4) is 11.6 Å². The van der Waals surface area contributed by atoms with Gasteiger partial charge < -0.3 is 19.6 Å². The van der Waals surface area contributed by atoms with E-state index in [1.807, 2.05) is 0 Å². The van der Waals surface area contributed by atoms with E-state index in [1.165, 1.54) is 0 Å². The second-order valence-electron chi connectivity index (χ2n) is 4.81. The lowest BCUT2D eigenvalue weighted by Crippen LogP contribution is -2.41. The molecule has 0 aromatic carbocycles. The minimum Gasteiger partial charge on any atom is -0.446 e. The van der Waals surface area contributed by atoms with Crippen molar-refractivity contribution < 1.29 is 13.7 Å². The molecule has 120 valence electrons. The number of hydrogen-bond donors (Lipinski definition) is 2. The number of aromatic nitrogens is 2. The predicted molar refractivity (Wildman–Crippen MR) is 84.7 cm³/mol. The van der Waals surface area contributed by atoms with Gasteiger partial charge in [-0.2, -0.15) is 4.98 Å². The predicted octanol–water partition coefficient (Wildman–Crippen LogP) is 1.92. The lowest BCUT2D eigenvalue weighted by atomic mass is 10.2. The fourth-order valence-corrected chi connectivity index (χ4v) is 2.52. The number of carbonyl (C=O) groups is 1. The molecule has 2 aromatic heterocycles. The molecule has 7 nitrogen and oxygen atoms in total. The van der Waals surface area contributed by atoms with Gasteiger partial charge in [-0.25, -0.2) is 0 Å². The van der Waals surface area contributed by atoms with Crippen molar-refractivity contribution in [2.45, 2.75) is 25.3 Å². The number of furan rings is 1. The van der Waals surface area contributed by atoms with Crippen molar-refractivity contribution in [2.75, 3.05) is 13.1 Å². The molecule has 1 aliphatic heterocycles. The highest BCUT2D eigenvalue weighted by atomic mass is 79.9. The van der Waals surface area contributed by atoms with Gasteiger partial charge >= 0.3 is 0 Å². The Morgan fingerprint density at radius 1 is 1.50 bits per heavy atom. The van der Waals surface area contributed by atoms with Crippen LogP contribution in [0.3, 0.4) is 0 Å². The van der Waals surface area contributed by atoms with Crippen molar-refractivity contribution in [2.24, 2.45) is 0 Å². The van der Waals surface area contributed by atoms with Crippen molar-refractivity contribution >= 4 is 34.2 Å². The Balaban J connectivity index is 0.00000176. The van der Waals surface area contributed by atoms with Gasteiger partial charge in [-0.1, -0.05) is 5.16 Å². The van der Waals surface area contributed by atoms with Crippen LogP contribution >= 0.6 is 28.3 Å². The Morgan fingerprint density at radius 3 is 3.05 bits per heavy atom. The molecule has 1 saturated heterocycles. The Labute approximate surface area is 141 Å². The molecule has 3 rings (SSSR count). The zero-order valence-electron chi connectivity index (χ0n) is 11.7. The summed E-state index contributed by atoms with van der Waals surface area (Å²) in [5.74, 6) is 1.44. The molecule has 1 aliphatic rings. The summed E-state index contributed by atoms with van der Waals surface area (Å²) in [5.41, 5.74) is 0. The quantitative estimate of drug-likeness (QED) is 0.809. The second kappa shape index (κ2) is 7.75. The molecule has 1 fully saturated rings. The maximum absolute atomic E-state index is 11.8. The van der Waals surface area contributed by atoms with Crippen LogP contribution in [0.25, 0.3) is 11.6 Å². The summed E-state index contributed by atoms with van der Waals surface area (Å²) < 4.78 is 11.1. The standard InChI is InChI=1S/C13H15BrN4O3.ClH/c14-10-4-3-9(20-10)12-17-11(21-18-12)5-7-16-13(19)8-2-1-6-15-8;/h3-4,8,15H,1-2,5-7H2,(H,16,19);1H. The van der Waals surface area contributed by atoms with Crippen LogP contribution < -0.4 is 10.6 Å². The van der Waals surface area contributed by atoms with Crippen LogP contribution in [-0.2, 0) is 11.2 Å². The fourth-order valence-electron chi connectivity index (χ4n) is 2.22. The molecule has 9 heteroatoms. The highest BCUT2D eigenvalue weighted by Crippen LogP contribution is 2.22. The zero-order chi connectivity index (χ0) is 14.7.